The Labute approximate surface area is 138 Å². The Bertz CT molecular complexity index is 791. The zero-order chi connectivity index (χ0) is 17.3. The number of anilines is 1. The molecule has 1 N–H and O–H groups in total. The van der Waals surface area contributed by atoms with Crippen molar-refractivity contribution in [1.82, 2.24) is 0 Å². The molecule has 0 unspecified atom stereocenters. The molecule has 0 aliphatic carbocycles. The Kier molecular flexibility index (Phi) is 4.20. The summed E-state index contributed by atoms with van der Waals surface area (Å²) in [6, 6.07) is 11.0. The van der Waals surface area contributed by atoms with Gasteiger partial charge in [0, 0.05) is 12.0 Å². The maximum absolute atomic E-state index is 14.3. The molecule has 1 heterocycles. The van der Waals surface area contributed by atoms with Crippen LogP contribution < -0.4 is 4.90 Å². The number of fused-ring (bicyclic) bond motifs is 1. The molecule has 1 aliphatic heterocycles. The molecule has 3 rings (SSSR count). The van der Waals surface area contributed by atoms with Crippen molar-refractivity contribution in [3.8, 4) is 0 Å². The Hall–Kier alpha value is -2.89. The van der Waals surface area contributed by atoms with Crippen molar-refractivity contribution < 1.29 is 23.8 Å². The van der Waals surface area contributed by atoms with Gasteiger partial charge in [0.2, 0.25) is 0 Å². The summed E-state index contributed by atoms with van der Waals surface area (Å²) in [5.41, 5.74) is 1.69. The Balaban J connectivity index is 1.86. The predicted molar refractivity (Wildman–Crippen MR) is 85.4 cm³/mol. The topological polar surface area (TPSA) is 66.8 Å². The van der Waals surface area contributed by atoms with E-state index in [4.69, 9.17) is 4.74 Å². The lowest BCUT2D eigenvalue weighted by atomic mass is 10.1. The first-order chi connectivity index (χ1) is 11.5. The van der Waals surface area contributed by atoms with Crippen molar-refractivity contribution in [3.63, 3.8) is 0 Å². The van der Waals surface area contributed by atoms with E-state index in [-0.39, 0.29) is 24.3 Å². The molecule has 6 heteroatoms. The normalized spacial score (nSPS) is 15.9. The molecule has 0 saturated carbocycles. The highest BCUT2D eigenvalue weighted by atomic mass is 19.1. The van der Waals surface area contributed by atoms with Gasteiger partial charge >= 0.3 is 12.1 Å². The molecule has 0 fully saturated rings. The fourth-order valence-electron chi connectivity index (χ4n) is 2.81. The monoisotopic (exact) mass is 329 g/mol. The average Bonchev–Trinajstić information content (AvgIpc) is 2.97. The Morgan fingerprint density at radius 3 is 2.62 bits per heavy atom. The molecule has 1 amide bonds. The van der Waals surface area contributed by atoms with E-state index < -0.39 is 23.9 Å². The summed E-state index contributed by atoms with van der Waals surface area (Å²) >= 11 is 0. The third-order valence-corrected chi connectivity index (χ3v) is 4.07. The fraction of sp³-hybridized carbons (Fsp3) is 0.222. The number of nitrogens with zero attached hydrogens (tertiary/aromatic N) is 1. The molecule has 5 nitrogen and oxygen atoms in total. The van der Waals surface area contributed by atoms with Crippen LogP contribution in [0.15, 0.2) is 42.5 Å². The molecule has 24 heavy (non-hydrogen) atoms. The van der Waals surface area contributed by atoms with Crippen LogP contribution in [0.4, 0.5) is 14.9 Å². The Morgan fingerprint density at radius 2 is 1.96 bits per heavy atom. The lowest BCUT2D eigenvalue weighted by molar-refractivity contribution is -0.138. The molecule has 2 aromatic carbocycles. The lowest BCUT2D eigenvalue weighted by Crippen LogP contribution is -2.43. The quantitative estimate of drug-likeness (QED) is 0.938. The van der Waals surface area contributed by atoms with Gasteiger partial charge in [-0.05, 0) is 24.1 Å². The van der Waals surface area contributed by atoms with Gasteiger partial charge in [-0.15, -0.1) is 0 Å². The Morgan fingerprint density at radius 1 is 1.25 bits per heavy atom. The van der Waals surface area contributed by atoms with E-state index in [1.54, 1.807) is 25.1 Å². The molecule has 0 aromatic heterocycles. The van der Waals surface area contributed by atoms with Crippen molar-refractivity contribution in [1.29, 1.82) is 0 Å². The van der Waals surface area contributed by atoms with E-state index in [0.717, 1.165) is 10.5 Å². The van der Waals surface area contributed by atoms with Gasteiger partial charge in [0.15, 0.2) is 0 Å². The second-order valence-electron chi connectivity index (χ2n) is 5.66. The van der Waals surface area contributed by atoms with Gasteiger partial charge in [0.1, 0.15) is 18.5 Å². The summed E-state index contributed by atoms with van der Waals surface area (Å²) in [5.74, 6) is -1.67. The van der Waals surface area contributed by atoms with Crippen molar-refractivity contribution >= 4 is 17.7 Å². The first kappa shape index (κ1) is 16.0. The fourth-order valence-corrected chi connectivity index (χ4v) is 2.81. The maximum Gasteiger partial charge on any atom is 0.415 e. The van der Waals surface area contributed by atoms with Gasteiger partial charge in [-0.25, -0.2) is 14.0 Å². The molecule has 0 bridgehead atoms. The SMILES string of the molecule is Cc1ccc2c(c1F)C[C@H](C(=O)O)N2C(=O)OCc1ccccc1. The summed E-state index contributed by atoms with van der Waals surface area (Å²) in [6.45, 7) is 1.62. The average molecular weight is 329 g/mol. The first-order valence-corrected chi connectivity index (χ1v) is 7.49. The van der Waals surface area contributed by atoms with Gasteiger partial charge in [-0.1, -0.05) is 36.4 Å². The lowest BCUT2D eigenvalue weighted by Gasteiger charge is -2.22. The van der Waals surface area contributed by atoms with Crippen LogP contribution in [0.3, 0.4) is 0 Å². The number of ether oxygens (including phenoxy) is 1. The number of carboxylic acids is 1. The van der Waals surface area contributed by atoms with Crippen LogP contribution >= 0.6 is 0 Å². The predicted octanol–water partition coefficient (Wildman–Crippen LogP) is 3.29. The molecule has 0 spiro atoms. The number of aliphatic carboxylic acids is 1. The number of carboxylic acid groups (broad SMARTS) is 1. The van der Waals surface area contributed by atoms with Crippen molar-refractivity contribution in [2.24, 2.45) is 0 Å². The van der Waals surface area contributed by atoms with E-state index in [1.807, 2.05) is 18.2 Å². The van der Waals surface area contributed by atoms with E-state index in [0.29, 0.717) is 5.56 Å². The van der Waals surface area contributed by atoms with Gasteiger partial charge in [0.25, 0.3) is 0 Å². The summed E-state index contributed by atoms with van der Waals surface area (Å²) in [4.78, 5) is 24.9. The number of benzene rings is 2. The summed E-state index contributed by atoms with van der Waals surface area (Å²) in [6.07, 6.45) is -0.869. The number of carbonyl (C=O) groups excluding carboxylic acids is 1. The number of hydrogen-bond acceptors (Lipinski definition) is 3. The van der Waals surface area contributed by atoms with Crippen LogP contribution in [0, 0.1) is 12.7 Å². The number of hydrogen-bond donors (Lipinski definition) is 1. The second-order valence-corrected chi connectivity index (χ2v) is 5.66. The van der Waals surface area contributed by atoms with E-state index in [1.165, 1.54) is 6.07 Å². The minimum absolute atomic E-state index is 0.0200. The zero-order valence-corrected chi connectivity index (χ0v) is 13.0. The molecule has 0 saturated heterocycles. The molecular formula is C18H16FNO4. The minimum atomic E-state index is -1.19. The van der Waals surface area contributed by atoms with Crippen LogP contribution in [0.2, 0.25) is 0 Å². The van der Waals surface area contributed by atoms with Crippen LogP contribution in [0.5, 0.6) is 0 Å². The second kappa shape index (κ2) is 6.31. The summed E-state index contributed by atoms with van der Waals surface area (Å²) in [5, 5.41) is 9.38. The highest BCUT2D eigenvalue weighted by Crippen LogP contribution is 2.36. The van der Waals surface area contributed by atoms with Gasteiger partial charge in [-0.2, -0.15) is 0 Å². The molecule has 1 atom stereocenters. The third-order valence-electron chi connectivity index (χ3n) is 4.07. The number of carbonyl (C=O) groups is 2. The summed E-state index contributed by atoms with van der Waals surface area (Å²) < 4.78 is 19.5. The van der Waals surface area contributed by atoms with Crippen LogP contribution in [-0.2, 0) is 22.6 Å². The first-order valence-electron chi connectivity index (χ1n) is 7.49. The number of amides is 1. The number of rotatable bonds is 3. The molecule has 1 aliphatic rings. The standard InChI is InChI=1S/C18H16FNO4/c1-11-7-8-14-13(16(11)19)9-15(17(21)22)20(14)18(23)24-10-12-5-3-2-4-6-12/h2-8,15H,9-10H2,1H3,(H,21,22)/t15-/m1/s1. The highest BCUT2D eigenvalue weighted by Gasteiger charge is 2.41. The number of aryl methyl sites for hydroxylation is 1. The molecule has 0 radical (unpaired) electrons. The van der Waals surface area contributed by atoms with E-state index >= 15 is 0 Å². The zero-order valence-electron chi connectivity index (χ0n) is 13.0. The van der Waals surface area contributed by atoms with Gasteiger partial charge in [0.05, 0.1) is 5.69 Å². The molecular weight excluding hydrogens is 313 g/mol. The van der Waals surface area contributed by atoms with E-state index in [9.17, 15) is 19.1 Å². The van der Waals surface area contributed by atoms with E-state index in [2.05, 4.69) is 0 Å². The van der Waals surface area contributed by atoms with Crippen molar-refractivity contribution in [2.75, 3.05) is 4.90 Å². The molecule has 2 aromatic rings. The van der Waals surface area contributed by atoms with Crippen LogP contribution in [0.25, 0.3) is 0 Å². The van der Waals surface area contributed by atoms with Crippen LogP contribution in [0.1, 0.15) is 16.7 Å². The van der Waals surface area contributed by atoms with Crippen molar-refractivity contribution in [2.45, 2.75) is 26.0 Å². The molecule has 124 valence electrons. The smallest absolute Gasteiger partial charge is 0.415 e. The maximum atomic E-state index is 14.3. The minimum Gasteiger partial charge on any atom is -0.480 e. The summed E-state index contributed by atoms with van der Waals surface area (Å²) in [7, 11) is 0. The van der Waals surface area contributed by atoms with Gasteiger partial charge < -0.3 is 9.84 Å². The third kappa shape index (κ3) is 2.82. The largest absolute Gasteiger partial charge is 0.480 e. The number of halogens is 1. The highest BCUT2D eigenvalue weighted by molar-refractivity contribution is 5.98. The van der Waals surface area contributed by atoms with Gasteiger partial charge in [-0.3, -0.25) is 4.90 Å². The van der Waals surface area contributed by atoms with Crippen LogP contribution in [-0.4, -0.2) is 23.2 Å². The van der Waals surface area contributed by atoms with Crippen molar-refractivity contribution in [3.05, 3.63) is 65.0 Å².